The van der Waals surface area contributed by atoms with Crippen LogP contribution in [-0.4, -0.2) is 47.0 Å². The third-order valence-corrected chi connectivity index (χ3v) is 5.79. The molecular formula is C19H16F3N5O4S. The third kappa shape index (κ3) is 4.03. The van der Waals surface area contributed by atoms with Gasteiger partial charge in [-0.25, -0.2) is 9.97 Å². The molecule has 1 aliphatic heterocycles. The fourth-order valence-corrected chi connectivity index (χ4v) is 3.82. The lowest BCUT2D eigenvalue weighted by atomic mass is 10.1. The van der Waals surface area contributed by atoms with E-state index >= 15 is 0 Å². The van der Waals surface area contributed by atoms with Crippen molar-refractivity contribution in [3.8, 4) is 11.3 Å². The second kappa shape index (κ2) is 7.60. The number of hydrogen-bond acceptors (Lipinski definition) is 6. The largest absolute Gasteiger partial charge is 0.417 e. The minimum atomic E-state index is -4.55. The molecule has 0 fully saturated rings. The van der Waals surface area contributed by atoms with Gasteiger partial charge >= 0.3 is 6.18 Å². The van der Waals surface area contributed by atoms with Gasteiger partial charge in [0, 0.05) is 38.1 Å². The van der Waals surface area contributed by atoms with E-state index < -0.39 is 32.7 Å². The van der Waals surface area contributed by atoms with Crippen LogP contribution < -0.4 is 10.2 Å². The number of pyridine rings is 1. The van der Waals surface area contributed by atoms with Crippen molar-refractivity contribution in [2.24, 2.45) is 0 Å². The zero-order valence-corrected chi connectivity index (χ0v) is 17.3. The van der Waals surface area contributed by atoms with Crippen LogP contribution in [0.5, 0.6) is 0 Å². The number of imidazole rings is 1. The van der Waals surface area contributed by atoms with E-state index in [1.807, 2.05) is 0 Å². The monoisotopic (exact) mass is 467 g/mol. The maximum atomic E-state index is 12.9. The van der Waals surface area contributed by atoms with Crippen molar-refractivity contribution < 1.29 is 30.9 Å². The van der Waals surface area contributed by atoms with Gasteiger partial charge in [0.25, 0.3) is 16.0 Å². The first-order valence-electron chi connectivity index (χ1n) is 9.19. The van der Waals surface area contributed by atoms with E-state index in [1.54, 1.807) is 10.8 Å². The molecule has 0 saturated heterocycles. The molecule has 0 atom stereocenters. The van der Waals surface area contributed by atoms with Crippen LogP contribution in [0.4, 0.5) is 24.7 Å². The first kappa shape index (κ1) is 21.8. The first-order chi connectivity index (χ1) is 14.9. The van der Waals surface area contributed by atoms with Crippen LogP contribution in [0, 0.1) is 0 Å². The highest BCUT2D eigenvalue weighted by Crippen LogP contribution is 2.36. The Morgan fingerprint density at radius 1 is 1.22 bits per heavy atom. The van der Waals surface area contributed by atoms with Gasteiger partial charge in [-0.3, -0.25) is 9.35 Å². The van der Waals surface area contributed by atoms with Gasteiger partial charge in [0.15, 0.2) is 5.82 Å². The summed E-state index contributed by atoms with van der Waals surface area (Å²) in [6.07, 6.45) is -2.28. The summed E-state index contributed by atoms with van der Waals surface area (Å²) in [7, 11) is -3.02. The number of fused-ring (bicyclic) bond motifs is 1. The zero-order chi connectivity index (χ0) is 23.3. The van der Waals surface area contributed by atoms with Crippen molar-refractivity contribution in [3.05, 3.63) is 54.1 Å². The number of rotatable bonds is 4. The van der Waals surface area contributed by atoms with E-state index in [-0.39, 0.29) is 22.9 Å². The van der Waals surface area contributed by atoms with E-state index in [4.69, 9.17) is 0 Å². The summed E-state index contributed by atoms with van der Waals surface area (Å²) < 4.78 is 73.0. The fourth-order valence-electron chi connectivity index (χ4n) is 3.32. The summed E-state index contributed by atoms with van der Waals surface area (Å²) in [5.74, 6) is -0.113. The Balaban J connectivity index is 1.83. The number of alkyl halides is 3. The molecule has 0 spiro atoms. The number of hydrogen-bond donors (Lipinski definition) is 2. The van der Waals surface area contributed by atoms with E-state index in [9.17, 15) is 30.9 Å². The van der Waals surface area contributed by atoms with Crippen molar-refractivity contribution in [3.63, 3.8) is 0 Å². The van der Waals surface area contributed by atoms with Crippen molar-refractivity contribution in [2.75, 3.05) is 18.5 Å². The molecule has 0 saturated carbocycles. The molecule has 1 amide bonds. The lowest BCUT2D eigenvalue weighted by Gasteiger charge is -2.22. The van der Waals surface area contributed by atoms with E-state index in [0.29, 0.717) is 25.0 Å². The van der Waals surface area contributed by atoms with Crippen LogP contribution in [0.2, 0.25) is 0 Å². The Morgan fingerprint density at radius 3 is 2.56 bits per heavy atom. The highest BCUT2D eigenvalue weighted by molar-refractivity contribution is 7.85. The number of anilines is 2. The Labute approximate surface area is 180 Å². The number of nitrogens with one attached hydrogen (secondary N) is 1. The van der Waals surface area contributed by atoms with E-state index in [2.05, 4.69) is 15.3 Å². The highest BCUT2D eigenvalue weighted by Gasteiger charge is 2.31. The smallest absolute Gasteiger partial charge is 0.348 e. The SMILES string of the molecule is CN(c1ccc(C(F)(F)F)cn1)c1ccc(S(=O)(=O)O)cc1-c1cn2c(n1)C(=O)NCC2. The Morgan fingerprint density at radius 2 is 1.97 bits per heavy atom. The molecule has 1 aliphatic rings. The van der Waals surface area contributed by atoms with Crippen LogP contribution in [0.3, 0.4) is 0 Å². The van der Waals surface area contributed by atoms with Gasteiger partial charge in [-0.1, -0.05) is 0 Å². The fraction of sp³-hybridized carbons (Fsp3) is 0.211. The molecule has 3 aromatic rings. The number of benzene rings is 1. The first-order valence-corrected chi connectivity index (χ1v) is 10.6. The van der Waals surface area contributed by atoms with Crippen LogP contribution in [0.15, 0.2) is 47.6 Å². The highest BCUT2D eigenvalue weighted by atomic mass is 32.2. The number of carbonyl (C=O) groups is 1. The molecule has 0 aliphatic carbocycles. The topological polar surface area (TPSA) is 117 Å². The van der Waals surface area contributed by atoms with Gasteiger partial charge < -0.3 is 14.8 Å². The average molecular weight is 467 g/mol. The van der Waals surface area contributed by atoms with Crippen LogP contribution >= 0.6 is 0 Å². The van der Waals surface area contributed by atoms with Crippen molar-refractivity contribution >= 4 is 27.5 Å². The van der Waals surface area contributed by atoms with Gasteiger partial charge in [0.1, 0.15) is 5.82 Å². The molecule has 2 aromatic heterocycles. The predicted octanol–water partition coefficient (Wildman–Crippen LogP) is 2.72. The van der Waals surface area contributed by atoms with Crippen LogP contribution in [0.25, 0.3) is 11.3 Å². The minimum Gasteiger partial charge on any atom is -0.348 e. The molecule has 2 N–H and O–H groups in total. The number of halogens is 3. The van der Waals surface area contributed by atoms with E-state index in [0.717, 1.165) is 12.1 Å². The van der Waals surface area contributed by atoms with Gasteiger partial charge in [0.2, 0.25) is 0 Å². The summed E-state index contributed by atoms with van der Waals surface area (Å²) in [5, 5.41) is 2.65. The summed E-state index contributed by atoms with van der Waals surface area (Å²) in [6.45, 7) is 0.854. The molecule has 0 radical (unpaired) electrons. The summed E-state index contributed by atoms with van der Waals surface area (Å²) in [4.78, 5) is 21.3. The molecule has 1 aromatic carbocycles. The van der Waals surface area contributed by atoms with E-state index in [1.165, 1.54) is 30.1 Å². The van der Waals surface area contributed by atoms with Gasteiger partial charge in [-0.15, -0.1) is 0 Å². The van der Waals surface area contributed by atoms with Crippen LogP contribution in [0.1, 0.15) is 16.2 Å². The van der Waals surface area contributed by atoms with Gasteiger partial charge in [-0.2, -0.15) is 21.6 Å². The summed E-state index contributed by atoms with van der Waals surface area (Å²) in [5.41, 5.74) is -0.0831. The number of aromatic nitrogens is 3. The zero-order valence-electron chi connectivity index (χ0n) is 16.5. The minimum absolute atomic E-state index is 0.129. The molecule has 168 valence electrons. The maximum Gasteiger partial charge on any atom is 0.417 e. The number of amides is 1. The van der Waals surface area contributed by atoms with Crippen molar-refractivity contribution in [1.29, 1.82) is 0 Å². The summed E-state index contributed by atoms with van der Waals surface area (Å²) >= 11 is 0. The second-order valence-corrected chi connectivity index (χ2v) is 8.44. The maximum absolute atomic E-state index is 12.9. The third-order valence-electron chi connectivity index (χ3n) is 4.94. The Hall–Kier alpha value is -3.45. The molecule has 9 nitrogen and oxygen atoms in total. The molecule has 3 heterocycles. The summed E-state index contributed by atoms with van der Waals surface area (Å²) in [6, 6.07) is 5.75. The molecule has 4 rings (SSSR count). The number of carbonyl (C=O) groups excluding carboxylic acids is 1. The quantitative estimate of drug-likeness (QED) is 0.567. The molecular weight excluding hydrogens is 451 g/mol. The molecule has 0 bridgehead atoms. The van der Waals surface area contributed by atoms with Crippen LogP contribution in [-0.2, 0) is 22.8 Å². The molecule has 32 heavy (non-hydrogen) atoms. The molecule has 0 unspecified atom stereocenters. The Bertz CT molecular complexity index is 1300. The molecule has 13 heteroatoms. The van der Waals surface area contributed by atoms with Gasteiger partial charge in [0.05, 0.1) is 21.8 Å². The average Bonchev–Trinajstić information content (AvgIpc) is 3.17. The number of nitrogens with zero attached hydrogens (tertiary/aromatic N) is 4. The predicted molar refractivity (Wildman–Crippen MR) is 107 cm³/mol. The lowest BCUT2D eigenvalue weighted by molar-refractivity contribution is -0.137. The standard InChI is InChI=1S/C19H16F3N5O4S/c1-26(16-5-2-11(9-24-16)19(20,21)22)15-4-3-12(32(29,30)31)8-13(15)14-10-27-7-6-23-18(28)17(27)25-14/h2-5,8-10H,6-7H2,1H3,(H,23,28)(H,29,30,31). The normalized spacial score (nSPS) is 14.1. The Kier molecular flexibility index (Phi) is 5.17. The van der Waals surface area contributed by atoms with Crippen molar-refractivity contribution in [2.45, 2.75) is 17.6 Å². The van der Waals surface area contributed by atoms with Crippen molar-refractivity contribution in [1.82, 2.24) is 19.9 Å². The lowest BCUT2D eigenvalue weighted by Crippen LogP contribution is -2.35. The van der Waals surface area contributed by atoms with Gasteiger partial charge in [-0.05, 0) is 30.3 Å². The second-order valence-electron chi connectivity index (χ2n) is 7.01.